The van der Waals surface area contributed by atoms with Gasteiger partial charge in [-0.25, -0.2) is 0 Å². The first-order chi connectivity index (χ1) is 6.24. The minimum absolute atomic E-state index is 0.547. The molecule has 2 unspecified atom stereocenters. The number of methoxy groups -OCH3 is 1. The second-order valence-electron chi connectivity index (χ2n) is 3.69. The van der Waals surface area contributed by atoms with E-state index in [0.717, 1.165) is 12.1 Å². The Balaban J connectivity index is 1.97. The summed E-state index contributed by atoms with van der Waals surface area (Å²) in [4.78, 5) is 0. The molecule has 0 aliphatic heterocycles. The van der Waals surface area contributed by atoms with E-state index < -0.39 is 0 Å². The number of nitrogens with two attached hydrogens (primary N) is 1. The highest BCUT2D eigenvalue weighted by molar-refractivity contribution is 5.39. The summed E-state index contributed by atoms with van der Waals surface area (Å²) < 4.78 is 5.26. The Morgan fingerprint density at radius 1 is 1.54 bits per heavy atom. The van der Waals surface area contributed by atoms with Crippen LogP contribution in [0.1, 0.15) is 13.3 Å². The van der Waals surface area contributed by atoms with Crippen LogP contribution < -0.4 is 5.73 Å². The van der Waals surface area contributed by atoms with Crippen LogP contribution in [0.4, 0.5) is 0 Å². The molecule has 2 rings (SSSR count). The first-order valence-electron chi connectivity index (χ1n) is 4.62. The lowest BCUT2D eigenvalue weighted by Crippen LogP contribution is -2.08. The van der Waals surface area contributed by atoms with E-state index in [-0.39, 0.29) is 0 Å². The van der Waals surface area contributed by atoms with E-state index in [2.05, 4.69) is 19.1 Å². The molecule has 0 aromatic carbocycles. The van der Waals surface area contributed by atoms with Gasteiger partial charge in [0, 0.05) is 11.6 Å². The van der Waals surface area contributed by atoms with Crippen LogP contribution in [0.25, 0.3) is 0 Å². The van der Waals surface area contributed by atoms with Crippen molar-refractivity contribution in [3.05, 3.63) is 35.3 Å². The summed E-state index contributed by atoms with van der Waals surface area (Å²) in [7, 11) is 1.75. The maximum Gasteiger partial charge on any atom is 0.103 e. The average molecular weight is 177 g/mol. The van der Waals surface area contributed by atoms with Gasteiger partial charge in [0.15, 0.2) is 0 Å². The molecular weight excluding hydrogens is 162 g/mol. The van der Waals surface area contributed by atoms with Gasteiger partial charge in [0.05, 0.1) is 7.11 Å². The van der Waals surface area contributed by atoms with Crippen molar-refractivity contribution >= 4 is 0 Å². The molecular formula is C11H15NO. The molecule has 0 bridgehead atoms. The zero-order valence-electron chi connectivity index (χ0n) is 8.08. The molecule has 0 aromatic heterocycles. The second-order valence-corrected chi connectivity index (χ2v) is 3.69. The third-order valence-corrected chi connectivity index (χ3v) is 2.86. The van der Waals surface area contributed by atoms with Gasteiger partial charge in [-0.3, -0.25) is 0 Å². The first-order valence-corrected chi connectivity index (χ1v) is 4.62. The van der Waals surface area contributed by atoms with Crippen molar-refractivity contribution in [2.45, 2.75) is 13.3 Å². The molecule has 0 saturated carbocycles. The average Bonchev–Trinajstić information content (AvgIpc) is 2.78. The maximum atomic E-state index is 5.65. The predicted molar refractivity (Wildman–Crippen MR) is 52.7 cm³/mol. The predicted octanol–water partition coefficient (Wildman–Crippen LogP) is 1.96. The van der Waals surface area contributed by atoms with Gasteiger partial charge in [-0.1, -0.05) is 12.2 Å². The fourth-order valence-corrected chi connectivity index (χ4v) is 2.03. The van der Waals surface area contributed by atoms with Crippen LogP contribution in [0.2, 0.25) is 0 Å². The summed E-state index contributed by atoms with van der Waals surface area (Å²) >= 11 is 0. The lowest BCUT2D eigenvalue weighted by molar-refractivity contribution is 0.282. The molecule has 2 N–H and O–H groups in total. The number of hydrogen-bond acceptors (Lipinski definition) is 2. The van der Waals surface area contributed by atoms with Gasteiger partial charge in [-0.15, -0.1) is 0 Å². The zero-order chi connectivity index (χ0) is 9.42. The van der Waals surface area contributed by atoms with Gasteiger partial charge in [-0.05, 0) is 30.9 Å². The van der Waals surface area contributed by atoms with Crippen LogP contribution in [0.5, 0.6) is 0 Å². The molecule has 13 heavy (non-hydrogen) atoms. The third-order valence-electron chi connectivity index (χ3n) is 2.86. The summed E-state index contributed by atoms with van der Waals surface area (Å²) in [6.45, 7) is 2.14. The van der Waals surface area contributed by atoms with Gasteiger partial charge in [0.2, 0.25) is 0 Å². The topological polar surface area (TPSA) is 35.2 Å². The van der Waals surface area contributed by atoms with Crippen molar-refractivity contribution in [1.29, 1.82) is 0 Å². The van der Waals surface area contributed by atoms with Crippen LogP contribution in [0.15, 0.2) is 35.3 Å². The molecule has 0 fully saturated rings. The van der Waals surface area contributed by atoms with Crippen LogP contribution in [-0.4, -0.2) is 7.11 Å². The summed E-state index contributed by atoms with van der Waals surface area (Å²) in [6, 6.07) is 0. The minimum atomic E-state index is 0.547. The first kappa shape index (κ1) is 8.42. The Labute approximate surface area is 78.8 Å². The number of hydrogen-bond donors (Lipinski definition) is 1. The molecule has 2 aliphatic carbocycles. The summed E-state index contributed by atoms with van der Waals surface area (Å²) in [5, 5.41) is 0. The fourth-order valence-electron chi connectivity index (χ4n) is 2.03. The maximum absolute atomic E-state index is 5.65. The molecule has 2 heteroatoms. The van der Waals surface area contributed by atoms with Crippen molar-refractivity contribution in [3.8, 4) is 0 Å². The Bertz CT molecular complexity index is 312. The van der Waals surface area contributed by atoms with E-state index in [9.17, 15) is 0 Å². The second kappa shape index (κ2) is 2.95. The molecule has 0 aromatic rings. The summed E-state index contributed by atoms with van der Waals surface area (Å²) in [5.74, 6) is 2.29. The lowest BCUT2D eigenvalue weighted by atomic mass is 9.92. The number of allylic oxidation sites excluding steroid dienone is 5. The van der Waals surface area contributed by atoms with Gasteiger partial charge in [0.1, 0.15) is 5.76 Å². The molecule has 2 aliphatic rings. The van der Waals surface area contributed by atoms with Crippen LogP contribution >= 0.6 is 0 Å². The third kappa shape index (κ3) is 1.37. The van der Waals surface area contributed by atoms with Crippen LogP contribution in [-0.2, 0) is 4.74 Å². The normalized spacial score (nSPS) is 31.7. The van der Waals surface area contributed by atoms with E-state index >= 15 is 0 Å². The monoisotopic (exact) mass is 177 g/mol. The lowest BCUT2D eigenvalue weighted by Gasteiger charge is -2.14. The molecule has 0 saturated heterocycles. The highest BCUT2D eigenvalue weighted by Crippen LogP contribution is 2.47. The fraction of sp³-hybridized carbons (Fsp3) is 0.455. The highest BCUT2D eigenvalue weighted by atomic mass is 16.5. The number of ether oxygens (including phenoxy) is 1. The Morgan fingerprint density at radius 3 is 2.77 bits per heavy atom. The van der Waals surface area contributed by atoms with Crippen LogP contribution in [0.3, 0.4) is 0 Å². The Morgan fingerprint density at radius 2 is 2.31 bits per heavy atom. The quantitative estimate of drug-likeness (QED) is 0.699. The smallest absolute Gasteiger partial charge is 0.103 e. The van der Waals surface area contributed by atoms with Gasteiger partial charge < -0.3 is 10.5 Å². The molecule has 2 atom stereocenters. The largest absolute Gasteiger partial charge is 0.500 e. The zero-order valence-corrected chi connectivity index (χ0v) is 8.08. The van der Waals surface area contributed by atoms with E-state index in [1.807, 2.05) is 6.08 Å². The highest BCUT2D eigenvalue weighted by Gasteiger charge is 2.39. The molecule has 0 heterocycles. The summed E-state index contributed by atoms with van der Waals surface area (Å²) in [6.07, 6.45) is 7.31. The van der Waals surface area contributed by atoms with Gasteiger partial charge in [0.25, 0.3) is 0 Å². The Kier molecular flexibility index (Phi) is 1.91. The Hall–Kier alpha value is -1.18. The van der Waals surface area contributed by atoms with E-state index in [0.29, 0.717) is 11.8 Å². The van der Waals surface area contributed by atoms with Gasteiger partial charge in [-0.2, -0.15) is 0 Å². The molecule has 70 valence electrons. The van der Waals surface area contributed by atoms with Crippen molar-refractivity contribution < 1.29 is 4.74 Å². The SMILES string of the molecule is COC1=C(C)C1C1C=CC(N)=CC1. The van der Waals surface area contributed by atoms with Crippen molar-refractivity contribution in [3.63, 3.8) is 0 Å². The van der Waals surface area contributed by atoms with Crippen molar-refractivity contribution in [2.75, 3.05) is 7.11 Å². The summed E-state index contributed by atoms with van der Waals surface area (Å²) in [5.41, 5.74) is 7.93. The number of rotatable bonds is 2. The van der Waals surface area contributed by atoms with E-state index in [1.165, 1.54) is 11.3 Å². The van der Waals surface area contributed by atoms with E-state index in [1.54, 1.807) is 7.11 Å². The van der Waals surface area contributed by atoms with Gasteiger partial charge >= 0.3 is 0 Å². The minimum Gasteiger partial charge on any atom is -0.500 e. The van der Waals surface area contributed by atoms with Crippen LogP contribution in [0, 0.1) is 11.8 Å². The molecule has 2 nitrogen and oxygen atoms in total. The van der Waals surface area contributed by atoms with Crippen molar-refractivity contribution in [1.82, 2.24) is 0 Å². The van der Waals surface area contributed by atoms with Crippen molar-refractivity contribution in [2.24, 2.45) is 17.6 Å². The standard InChI is InChI=1S/C11H15NO/c1-7-10(11(7)13-2)8-3-5-9(12)6-4-8/h3,5-6,8,10H,4,12H2,1-2H3. The molecule has 0 radical (unpaired) electrons. The molecule has 0 spiro atoms. The molecule has 0 amide bonds. The van der Waals surface area contributed by atoms with E-state index in [4.69, 9.17) is 10.5 Å².